The van der Waals surface area contributed by atoms with Gasteiger partial charge in [-0.05, 0) is 93.1 Å². The molecule has 3 aromatic carbocycles. The first-order chi connectivity index (χ1) is 18.0. The number of piperidine rings is 1. The van der Waals surface area contributed by atoms with Crippen molar-refractivity contribution in [2.45, 2.75) is 45.6 Å². The van der Waals surface area contributed by atoms with E-state index in [0.717, 1.165) is 53.6 Å². The molecule has 192 valence electrons. The number of aromatic nitrogens is 2. The van der Waals surface area contributed by atoms with E-state index in [1.807, 2.05) is 54.6 Å². The van der Waals surface area contributed by atoms with Crippen molar-refractivity contribution >= 4 is 28.4 Å². The molecule has 1 aliphatic rings. The fourth-order valence-corrected chi connectivity index (χ4v) is 5.39. The van der Waals surface area contributed by atoms with Crippen molar-refractivity contribution in [2.24, 2.45) is 5.92 Å². The van der Waals surface area contributed by atoms with E-state index in [9.17, 15) is 4.79 Å². The van der Waals surface area contributed by atoms with Crippen LogP contribution in [0, 0.1) is 12.8 Å². The van der Waals surface area contributed by atoms with Gasteiger partial charge in [0, 0.05) is 10.6 Å². The van der Waals surface area contributed by atoms with Crippen LogP contribution in [0.2, 0.25) is 5.02 Å². The molecular weight excluding hydrogens is 482 g/mol. The lowest BCUT2D eigenvalue weighted by Gasteiger charge is -2.31. The number of nitrogens with zero attached hydrogens (tertiary/aromatic N) is 2. The van der Waals surface area contributed by atoms with E-state index in [1.54, 1.807) is 0 Å². The quantitative estimate of drug-likeness (QED) is 0.230. The predicted molar refractivity (Wildman–Crippen MR) is 149 cm³/mol. The zero-order valence-corrected chi connectivity index (χ0v) is 22.1. The van der Waals surface area contributed by atoms with Crippen LogP contribution < -0.4 is 4.74 Å². The van der Waals surface area contributed by atoms with Crippen LogP contribution in [0.4, 0.5) is 0 Å². The monoisotopic (exact) mass is 515 g/mol. The summed E-state index contributed by atoms with van der Waals surface area (Å²) in [6, 6.07) is 21.4. The molecule has 0 unspecified atom stereocenters. The summed E-state index contributed by atoms with van der Waals surface area (Å²) in [7, 11) is 0. The summed E-state index contributed by atoms with van der Waals surface area (Å²) in [5.41, 5.74) is 5.52. The predicted octanol–water partition coefficient (Wildman–Crippen LogP) is 7.02. The highest BCUT2D eigenvalue weighted by Crippen LogP contribution is 2.26. The topological polar surface area (TPSA) is 58.2 Å². The number of H-pyrrole nitrogens is 1. The SMILES string of the molecule is Cc1c(CCCC2CCN(CC(=O)c3ccccc3)CC2)ccc2[nH]c(COc3ccc(Cl)cc3)nc12. The second-order valence-corrected chi connectivity index (χ2v) is 10.5. The maximum Gasteiger partial charge on any atom is 0.176 e. The van der Waals surface area contributed by atoms with Crippen molar-refractivity contribution in [3.05, 3.63) is 94.3 Å². The first kappa shape index (κ1) is 25.5. The molecule has 6 heteroatoms. The second-order valence-electron chi connectivity index (χ2n) is 10.1. The zero-order valence-electron chi connectivity index (χ0n) is 21.4. The van der Waals surface area contributed by atoms with Crippen molar-refractivity contribution in [2.75, 3.05) is 19.6 Å². The summed E-state index contributed by atoms with van der Waals surface area (Å²) in [6.07, 6.45) is 5.83. The molecule has 1 N–H and O–H groups in total. The number of ketones is 1. The Morgan fingerprint density at radius 1 is 1.05 bits per heavy atom. The number of halogens is 1. The molecular formula is C31H34ClN3O2. The van der Waals surface area contributed by atoms with Gasteiger partial charge in [-0.25, -0.2) is 4.98 Å². The molecule has 0 bridgehead atoms. The van der Waals surface area contributed by atoms with Crippen LogP contribution in [-0.4, -0.2) is 40.3 Å². The molecule has 0 spiro atoms. The minimum absolute atomic E-state index is 0.225. The van der Waals surface area contributed by atoms with E-state index in [-0.39, 0.29) is 5.78 Å². The number of fused-ring (bicyclic) bond motifs is 1. The second kappa shape index (κ2) is 11.9. The molecule has 37 heavy (non-hydrogen) atoms. The molecule has 1 saturated heterocycles. The third-order valence-electron chi connectivity index (χ3n) is 7.49. The Morgan fingerprint density at radius 3 is 2.57 bits per heavy atom. The Kier molecular flexibility index (Phi) is 8.22. The fraction of sp³-hybridized carbons (Fsp3) is 0.355. The molecule has 1 aromatic heterocycles. The number of imidazole rings is 1. The van der Waals surface area contributed by atoms with Gasteiger partial charge in [0.1, 0.15) is 18.2 Å². The van der Waals surface area contributed by atoms with Crippen LogP contribution in [0.1, 0.15) is 53.0 Å². The fourth-order valence-electron chi connectivity index (χ4n) is 5.26. The van der Waals surface area contributed by atoms with E-state index < -0.39 is 0 Å². The summed E-state index contributed by atoms with van der Waals surface area (Å²) < 4.78 is 5.86. The number of likely N-dealkylation sites (tertiary alicyclic amines) is 1. The van der Waals surface area contributed by atoms with Gasteiger partial charge in [-0.3, -0.25) is 9.69 Å². The summed E-state index contributed by atoms with van der Waals surface area (Å²) >= 11 is 5.95. The van der Waals surface area contributed by atoms with E-state index in [2.05, 4.69) is 28.9 Å². The molecule has 0 saturated carbocycles. The molecule has 5 nitrogen and oxygen atoms in total. The minimum Gasteiger partial charge on any atom is -0.486 e. The van der Waals surface area contributed by atoms with Gasteiger partial charge in [-0.15, -0.1) is 0 Å². The number of nitrogens with one attached hydrogen (secondary N) is 1. The lowest BCUT2D eigenvalue weighted by molar-refractivity contribution is 0.0892. The van der Waals surface area contributed by atoms with Gasteiger partial charge in [0.15, 0.2) is 5.78 Å². The first-order valence-corrected chi connectivity index (χ1v) is 13.6. The van der Waals surface area contributed by atoms with Crippen molar-refractivity contribution in [3.8, 4) is 5.75 Å². The van der Waals surface area contributed by atoms with Gasteiger partial charge in [0.2, 0.25) is 0 Å². The van der Waals surface area contributed by atoms with E-state index in [0.29, 0.717) is 18.2 Å². The number of hydrogen-bond donors (Lipinski definition) is 1. The van der Waals surface area contributed by atoms with Gasteiger partial charge in [-0.2, -0.15) is 0 Å². The standard InChI is InChI=1S/C31H34ClN3O2/c1-22-24(10-15-28-31(22)34-30(33-28)21-37-27-13-11-26(32)12-14-27)9-5-6-23-16-18-35(19-17-23)20-29(36)25-7-3-2-4-8-25/h2-4,7-8,10-15,23H,5-6,9,16-21H2,1H3,(H,33,34). The average molecular weight is 516 g/mol. The molecule has 2 heterocycles. The number of aryl methyl sites for hydroxylation is 2. The average Bonchev–Trinajstić information content (AvgIpc) is 3.35. The molecule has 4 aromatic rings. The van der Waals surface area contributed by atoms with Crippen molar-refractivity contribution in [3.63, 3.8) is 0 Å². The summed E-state index contributed by atoms with van der Waals surface area (Å²) in [5, 5.41) is 0.694. The molecule has 1 aliphatic heterocycles. The maximum atomic E-state index is 12.5. The number of carbonyl (C=O) groups excluding carboxylic acids is 1. The third-order valence-corrected chi connectivity index (χ3v) is 7.74. The van der Waals surface area contributed by atoms with Gasteiger partial charge in [0.05, 0.1) is 17.6 Å². The minimum atomic E-state index is 0.225. The van der Waals surface area contributed by atoms with E-state index in [4.69, 9.17) is 21.3 Å². The van der Waals surface area contributed by atoms with Crippen LogP contribution in [0.15, 0.2) is 66.7 Å². The maximum absolute atomic E-state index is 12.5. The van der Waals surface area contributed by atoms with Crippen molar-refractivity contribution in [1.29, 1.82) is 0 Å². The Balaban J connectivity index is 1.08. The first-order valence-electron chi connectivity index (χ1n) is 13.2. The Morgan fingerprint density at radius 2 is 1.81 bits per heavy atom. The molecule has 0 atom stereocenters. The highest BCUT2D eigenvalue weighted by molar-refractivity contribution is 6.30. The number of ether oxygens (including phenoxy) is 1. The van der Waals surface area contributed by atoms with E-state index >= 15 is 0 Å². The molecule has 1 fully saturated rings. The highest BCUT2D eigenvalue weighted by atomic mass is 35.5. The Labute approximate surface area is 223 Å². The molecule has 0 amide bonds. The number of rotatable bonds is 10. The van der Waals surface area contributed by atoms with Gasteiger partial charge < -0.3 is 9.72 Å². The van der Waals surface area contributed by atoms with Crippen LogP contribution in [0.5, 0.6) is 5.75 Å². The van der Waals surface area contributed by atoms with Crippen LogP contribution in [-0.2, 0) is 13.0 Å². The number of benzene rings is 3. The van der Waals surface area contributed by atoms with E-state index in [1.165, 1.54) is 36.8 Å². The Bertz CT molecular complexity index is 1330. The molecule has 0 radical (unpaired) electrons. The smallest absolute Gasteiger partial charge is 0.176 e. The molecule has 0 aliphatic carbocycles. The molecule has 5 rings (SSSR count). The number of aromatic amines is 1. The normalized spacial score (nSPS) is 14.8. The van der Waals surface area contributed by atoms with Crippen LogP contribution >= 0.6 is 11.6 Å². The van der Waals surface area contributed by atoms with Crippen molar-refractivity contribution in [1.82, 2.24) is 14.9 Å². The third kappa shape index (κ3) is 6.60. The van der Waals surface area contributed by atoms with Crippen molar-refractivity contribution < 1.29 is 9.53 Å². The summed E-state index contributed by atoms with van der Waals surface area (Å²) in [5.74, 6) is 2.57. The zero-order chi connectivity index (χ0) is 25.6. The summed E-state index contributed by atoms with van der Waals surface area (Å²) in [4.78, 5) is 23.0. The largest absolute Gasteiger partial charge is 0.486 e. The van der Waals surface area contributed by atoms with Crippen LogP contribution in [0.25, 0.3) is 11.0 Å². The lowest BCUT2D eigenvalue weighted by Crippen LogP contribution is -2.37. The number of carbonyl (C=O) groups is 1. The van der Waals surface area contributed by atoms with Gasteiger partial charge in [0.25, 0.3) is 0 Å². The van der Waals surface area contributed by atoms with Gasteiger partial charge >= 0.3 is 0 Å². The number of Topliss-reactive ketones (excluding diaryl/α,β-unsaturated/α-hetero) is 1. The highest BCUT2D eigenvalue weighted by Gasteiger charge is 2.21. The lowest BCUT2D eigenvalue weighted by atomic mass is 9.90. The van der Waals surface area contributed by atoms with Crippen LogP contribution in [0.3, 0.4) is 0 Å². The number of hydrogen-bond acceptors (Lipinski definition) is 4. The Hall–Kier alpha value is -3.15. The summed E-state index contributed by atoms with van der Waals surface area (Å²) in [6.45, 7) is 5.13. The van der Waals surface area contributed by atoms with Gasteiger partial charge in [-0.1, -0.05) is 54.4 Å².